The molecule has 3 aromatic rings. The second-order valence-electron chi connectivity index (χ2n) is 9.45. The van der Waals surface area contributed by atoms with Crippen molar-refractivity contribution in [2.75, 3.05) is 11.9 Å². The van der Waals surface area contributed by atoms with E-state index in [-0.39, 0.29) is 35.6 Å². The van der Waals surface area contributed by atoms with Gasteiger partial charge in [0.05, 0.1) is 18.7 Å². The topological polar surface area (TPSA) is 105 Å². The molecule has 4 rings (SSSR count). The SMILES string of the molecule is CC(C)COC(=O)c1ccc(NC(=O)c2ccc(CNC3=C(Cl)C(=O)N(Cc4ccccc4)C3=O)cc2)cc1. The highest BCUT2D eigenvalue weighted by Crippen LogP contribution is 2.24. The van der Waals surface area contributed by atoms with Crippen molar-refractivity contribution in [3.05, 3.63) is 112 Å². The summed E-state index contributed by atoms with van der Waals surface area (Å²) in [6.07, 6.45) is 0. The molecule has 0 atom stereocenters. The van der Waals surface area contributed by atoms with E-state index >= 15 is 0 Å². The van der Waals surface area contributed by atoms with Gasteiger partial charge in [-0.25, -0.2) is 4.79 Å². The zero-order valence-corrected chi connectivity index (χ0v) is 22.3. The van der Waals surface area contributed by atoms with Crippen molar-refractivity contribution in [2.24, 2.45) is 5.92 Å². The fourth-order valence-electron chi connectivity index (χ4n) is 3.79. The minimum absolute atomic E-state index is 0.0518. The highest BCUT2D eigenvalue weighted by Gasteiger charge is 2.37. The molecule has 1 heterocycles. The summed E-state index contributed by atoms with van der Waals surface area (Å²) in [5.74, 6) is -1.50. The van der Waals surface area contributed by atoms with Gasteiger partial charge in [-0.3, -0.25) is 19.3 Å². The van der Waals surface area contributed by atoms with E-state index in [0.717, 1.165) is 16.0 Å². The summed E-state index contributed by atoms with van der Waals surface area (Å²) in [5.41, 5.74) is 3.03. The average molecular weight is 546 g/mol. The number of ether oxygens (including phenoxy) is 1. The molecule has 200 valence electrons. The van der Waals surface area contributed by atoms with Crippen LogP contribution in [-0.2, 0) is 27.4 Å². The molecule has 0 spiro atoms. The largest absolute Gasteiger partial charge is 0.462 e. The third-order valence-corrected chi connectivity index (χ3v) is 6.26. The maximum atomic E-state index is 12.8. The van der Waals surface area contributed by atoms with Gasteiger partial charge in [-0.2, -0.15) is 0 Å². The molecule has 0 fully saturated rings. The number of halogens is 1. The Morgan fingerprint density at radius 2 is 1.49 bits per heavy atom. The first-order valence-corrected chi connectivity index (χ1v) is 12.8. The molecular formula is C30H28ClN3O5. The maximum Gasteiger partial charge on any atom is 0.338 e. The number of benzene rings is 3. The van der Waals surface area contributed by atoms with Crippen LogP contribution in [0.4, 0.5) is 5.69 Å². The van der Waals surface area contributed by atoms with E-state index in [0.29, 0.717) is 23.4 Å². The molecule has 3 aromatic carbocycles. The molecule has 0 saturated heterocycles. The standard InChI is InChI=1S/C30H28ClN3O5/c1-19(2)18-39-30(38)23-12-14-24(15-13-23)33-27(35)22-10-8-20(9-11-22)16-32-26-25(31)28(36)34(29(26)37)17-21-6-4-3-5-7-21/h3-15,19,32H,16-18H2,1-2H3,(H,33,35). The highest BCUT2D eigenvalue weighted by atomic mass is 35.5. The van der Waals surface area contributed by atoms with E-state index in [1.54, 1.807) is 48.5 Å². The smallest absolute Gasteiger partial charge is 0.338 e. The Hall–Kier alpha value is -4.43. The summed E-state index contributed by atoms with van der Waals surface area (Å²) in [6.45, 7) is 4.63. The normalized spacial score (nSPS) is 13.2. The third kappa shape index (κ3) is 6.91. The van der Waals surface area contributed by atoms with E-state index in [2.05, 4.69) is 10.6 Å². The van der Waals surface area contributed by atoms with E-state index in [1.807, 2.05) is 44.2 Å². The third-order valence-electron chi connectivity index (χ3n) is 5.91. The first-order valence-electron chi connectivity index (χ1n) is 12.4. The fourth-order valence-corrected chi connectivity index (χ4v) is 4.04. The van der Waals surface area contributed by atoms with Crippen molar-refractivity contribution >= 4 is 41.0 Å². The molecule has 1 aliphatic rings. The van der Waals surface area contributed by atoms with Crippen molar-refractivity contribution < 1.29 is 23.9 Å². The summed E-state index contributed by atoms with van der Waals surface area (Å²) >= 11 is 6.18. The molecule has 2 N–H and O–H groups in total. The van der Waals surface area contributed by atoms with Crippen molar-refractivity contribution in [1.29, 1.82) is 0 Å². The summed E-state index contributed by atoms with van der Waals surface area (Å²) in [4.78, 5) is 51.2. The van der Waals surface area contributed by atoms with Gasteiger partial charge in [0.2, 0.25) is 0 Å². The lowest BCUT2D eigenvalue weighted by molar-refractivity contribution is -0.138. The molecule has 0 saturated carbocycles. The van der Waals surface area contributed by atoms with Crippen LogP contribution < -0.4 is 10.6 Å². The number of nitrogens with zero attached hydrogens (tertiary/aromatic N) is 1. The molecular weight excluding hydrogens is 518 g/mol. The number of hydrogen-bond acceptors (Lipinski definition) is 6. The number of amides is 3. The Morgan fingerprint density at radius 1 is 0.846 bits per heavy atom. The second kappa shape index (κ2) is 12.4. The van der Waals surface area contributed by atoms with Gasteiger partial charge >= 0.3 is 5.97 Å². The summed E-state index contributed by atoms with van der Waals surface area (Å²) in [6, 6.07) is 22.5. The van der Waals surface area contributed by atoms with Gasteiger partial charge in [0.15, 0.2) is 0 Å². The maximum absolute atomic E-state index is 12.8. The molecule has 0 aliphatic carbocycles. The Balaban J connectivity index is 1.31. The van der Waals surface area contributed by atoms with Crippen LogP contribution in [0.2, 0.25) is 0 Å². The van der Waals surface area contributed by atoms with E-state index in [1.165, 1.54) is 0 Å². The monoisotopic (exact) mass is 545 g/mol. The summed E-state index contributed by atoms with van der Waals surface area (Å²) < 4.78 is 5.21. The lowest BCUT2D eigenvalue weighted by Gasteiger charge is -2.15. The fraction of sp³-hybridized carbons (Fsp3) is 0.200. The van der Waals surface area contributed by atoms with Crippen LogP contribution in [0.15, 0.2) is 89.6 Å². The second-order valence-corrected chi connectivity index (χ2v) is 9.82. The minimum atomic E-state index is -0.541. The molecule has 1 aliphatic heterocycles. The van der Waals surface area contributed by atoms with Crippen LogP contribution >= 0.6 is 11.6 Å². The Bertz CT molecular complexity index is 1400. The average Bonchev–Trinajstić information content (AvgIpc) is 3.14. The van der Waals surface area contributed by atoms with Crippen molar-refractivity contribution in [2.45, 2.75) is 26.9 Å². The number of hydrogen-bond donors (Lipinski definition) is 2. The Kier molecular flexibility index (Phi) is 8.78. The van der Waals surface area contributed by atoms with Gasteiger partial charge in [0.1, 0.15) is 10.7 Å². The van der Waals surface area contributed by atoms with Crippen molar-refractivity contribution in [1.82, 2.24) is 10.2 Å². The summed E-state index contributed by atoms with van der Waals surface area (Å²) in [5, 5.41) is 5.60. The van der Waals surface area contributed by atoms with Gasteiger partial charge in [0, 0.05) is 17.8 Å². The number of imide groups is 1. The molecule has 0 radical (unpaired) electrons. The number of carbonyl (C=O) groups excluding carboxylic acids is 4. The predicted octanol–water partition coefficient (Wildman–Crippen LogP) is 4.86. The number of anilines is 1. The lowest BCUT2D eigenvalue weighted by atomic mass is 10.1. The van der Waals surface area contributed by atoms with Gasteiger partial charge in [-0.1, -0.05) is 67.9 Å². The van der Waals surface area contributed by atoms with Gasteiger partial charge in [-0.05, 0) is 53.4 Å². The van der Waals surface area contributed by atoms with Gasteiger partial charge in [-0.15, -0.1) is 0 Å². The van der Waals surface area contributed by atoms with Gasteiger partial charge < -0.3 is 15.4 Å². The minimum Gasteiger partial charge on any atom is -0.462 e. The van der Waals surface area contributed by atoms with E-state index in [9.17, 15) is 19.2 Å². The zero-order chi connectivity index (χ0) is 27.9. The number of esters is 1. The first-order chi connectivity index (χ1) is 18.7. The molecule has 0 bridgehead atoms. The van der Waals surface area contributed by atoms with Crippen molar-refractivity contribution in [3.8, 4) is 0 Å². The summed E-state index contributed by atoms with van der Waals surface area (Å²) in [7, 11) is 0. The molecule has 8 nitrogen and oxygen atoms in total. The predicted molar refractivity (Wildman–Crippen MR) is 148 cm³/mol. The van der Waals surface area contributed by atoms with Crippen LogP contribution in [0.25, 0.3) is 0 Å². The highest BCUT2D eigenvalue weighted by molar-refractivity contribution is 6.47. The van der Waals surface area contributed by atoms with E-state index in [4.69, 9.17) is 16.3 Å². The van der Waals surface area contributed by atoms with Crippen LogP contribution in [0.3, 0.4) is 0 Å². The van der Waals surface area contributed by atoms with Crippen LogP contribution in [-0.4, -0.2) is 35.2 Å². The zero-order valence-electron chi connectivity index (χ0n) is 21.6. The Labute approximate surface area is 231 Å². The lowest BCUT2D eigenvalue weighted by Crippen LogP contribution is -2.33. The van der Waals surface area contributed by atoms with Crippen molar-refractivity contribution in [3.63, 3.8) is 0 Å². The molecule has 39 heavy (non-hydrogen) atoms. The van der Waals surface area contributed by atoms with Gasteiger partial charge in [0.25, 0.3) is 17.7 Å². The van der Waals surface area contributed by atoms with Crippen LogP contribution in [0, 0.1) is 5.92 Å². The number of carbonyl (C=O) groups is 4. The molecule has 0 unspecified atom stereocenters. The number of nitrogens with one attached hydrogen (secondary N) is 2. The Morgan fingerprint density at radius 3 is 2.13 bits per heavy atom. The van der Waals surface area contributed by atoms with Crippen LogP contribution in [0.1, 0.15) is 45.7 Å². The van der Waals surface area contributed by atoms with Crippen LogP contribution in [0.5, 0.6) is 0 Å². The quantitative estimate of drug-likeness (QED) is 0.278. The molecule has 3 amide bonds. The first kappa shape index (κ1) is 27.6. The number of rotatable bonds is 10. The van der Waals surface area contributed by atoms with E-state index < -0.39 is 17.8 Å². The molecule has 9 heteroatoms. The molecule has 0 aromatic heterocycles.